The molecule has 1 amide bonds. The van der Waals surface area contributed by atoms with Gasteiger partial charge in [-0.25, -0.2) is 4.99 Å². The van der Waals surface area contributed by atoms with Crippen molar-refractivity contribution < 1.29 is 9.53 Å². The van der Waals surface area contributed by atoms with Crippen LogP contribution in [0.1, 0.15) is 16.7 Å². The molecule has 0 aromatic heterocycles. The normalized spacial score (nSPS) is 15.0. The van der Waals surface area contributed by atoms with E-state index in [-0.39, 0.29) is 5.91 Å². The number of amides is 1. The van der Waals surface area contributed by atoms with E-state index in [1.807, 2.05) is 91.0 Å². The first-order valence-corrected chi connectivity index (χ1v) is 9.10. The Balaban J connectivity index is 1.70. The van der Waals surface area contributed by atoms with Crippen molar-refractivity contribution in [3.05, 3.63) is 107 Å². The highest BCUT2D eigenvalue weighted by Gasteiger charge is 2.31. The van der Waals surface area contributed by atoms with Crippen molar-refractivity contribution in [1.82, 2.24) is 4.90 Å². The van der Waals surface area contributed by atoms with Gasteiger partial charge in [-0.3, -0.25) is 9.69 Å². The summed E-state index contributed by atoms with van der Waals surface area (Å²) in [5.74, 6) is 1.35. The Labute approximate surface area is 164 Å². The molecule has 3 aromatic carbocycles. The van der Waals surface area contributed by atoms with Crippen LogP contribution < -0.4 is 4.74 Å². The zero-order chi connectivity index (χ0) is 19.3. The van der Waals surface area contributed by atoms with Crippen LogP contribution in [0.2, 0.25) is 0 Å². The first kappa shape index (κ1) is 17.7. The van der Waals surface area contributed by atoms with Crippen LogP contribution in [-0.4, -0.2) is 23.8 Å². The molecule has 0 aliphatic carbocycles. The standard InChI is InChI=1S/C24H20N2O2/c1-28-21-14-12-18(13-15-21)16-22-24(27)26(17-19-8-4-2-5-9-19)23(25-22)20-10-6-3-7-11-20/h2-16H,17H2,1H3/b22-16-. The van der Waals surface area contributed by atoms with Gasteiger partial charge in [-0.05, 0) is 29.3 Å². The molecule has 28 heavy (non-hydrogen) atoms. The predicted octanol–water partition coefficient (Wildman–Crippen LogP) is 4.53. The predicted molar refractivity (Wildman–Crippen MR) is 111 cm³/mol. The Bertz CT molecular complexity index is 1020. The Morgan fingerprint density at radius 2 is 1.54 bits per heavy atom. The van der Waals surface area contributed by atoms with Crippen molar-refractivity contribution in [2.24, 2.45) is 4.99 Å². The molecule has 4 rings (SSSR count). The number of nitrogens with zero attached hydrogens (tertiary/aromatic N) is 2. The maximum Gasteiger partial charge on any atom is 0.278 e. The lowest BCUT2D eigenvalue weighted by Gasteiger charge is -2.18. The van der Waals surface area contributed by atoms with E-state index in [2.05, 4.69) is 4.99 Å². The molecule has 0 atom stereocenters. The summed E-state index contributed by atoms with van der Waals surface area (Å²) in [6, 6.07) is 27.3. The second kappa shape index (κ2) is 7.92. The first-order chi connectivity index (χ1) is 13.7. The minimum Gasteiger partial charge on any atom is -0.497 e. The molecule has 0 spiro atoms. The summed E-state index contributed by atoms with van der Waals surface area (Å²) in [6.45, 7) is 0.480. The van der Waals surface area contributed by atoms with Crippen molar-refractivity contribution >= 4 is 17.8 Å². The molecule has 0 radical (unpaired) electrons. The van der Waals surface area contributed by atoms with Gasteiger partial charge >= 0.3 is 0 Å². The minimum absolute atomic E-state index is 0.0986. The number of ether oxygens (including phenoxy) is 1. The van der Waals surface area contributed by atoms with Gasteiger partial charge in [0.05, 0.1) is 13.7 Å². The van der Waals surface area contributed by atoms with E-state index >= 15 is 0 Å². The SMILES string of the molecule is COc1ccc(/C=C2\N=C(c3ccccc3)N(Cc3ccccc3)C2=O)cc1. The van der Waals surface area contributed by atoms with Gasteiger partial charge in [0.25, 0.3) is 5.91 Å². The molecule has 1 heterocycles. The number of hydrogen-bond donors (Lipinski definition) is 0. The quantitative estimate of drug-likeness (QED) is 0.621. The lowest BCUT2D eigenvalue weighted by molar-refractivity contribution is -0.123. The third kappa shape index (κ3) is 3.71. The third-order valence-corrected chi connectivity index (χ3v) is 4.58. The van der Waals surface area contributed by atoms with Crippen molar-refractivity contribution in [1.29, 1.82) is 0 Å². The van der Waals surface area contributed by atoms with E-state index in [0.29, 0.717) is 18.1 Å². The number of benzene rings is 3. The average Bonchev–Trinajstić information content (AvgIpc) is 3.05. The molecule has 0 fully saturated rings. The number of methoxy groups -OCH3 is 1. The number of rotatable bonds is 5. The number of aliphatic imine (C=N–C) groups is 1. The minimum atomic E-state index is -0.0986. The van der Waals surface area contributed by atoms with Crippen LogP contribution >= 0.6 is 0 Å². The Morgan fingerprint density at radius 3 is 2.18 bits per heavy atom. The molecular formula is C24H20N2O2. The summed E-state index contributed by atoms with van der Waals surface area (Å²) in [5, 5.41) is 0. The van der Waals surface area contributed by atoms with Gasteiger partial charge < -0.3 is 4.74 Å². The van der Waals surface area contributed by atoms with Gasteiger partial charge in [0.2, 0.25) is 0 Å². The van der Waals surface area contributed by atoms with Crippen LogP contribution in [0.15, 0.2) is 95.6 Å². The van der Waals surface area contributed by atoms with Gasteiger partial charge in [0, 0.05) is 5.56 Å². The van der Waals surface area contributed by atoms with Crippen LogP contribution in [0.3, 0.4) is 0 Å². The monoisotopic (exact) mass is 368 g/mol. The topological polar surface area (TPSA) is 41.9 Å². The van der Waals surface area contributed by atoms with Gasteiger partial charge in [-0.15, -0.1) is 0 Å². The van der Waals surface area contributed by atoms with E-state index in [1.165, 1.54) is 0 Å². The van der Waals surface area contributed by atoms with Gasteiger partial charge in [-0.1, -0.05) is 72.8 Å². The zero-order valence-electron chi connectivity index (χ0n) is 15.6. The maximum absolute atomic E-state index is 13.1. The molecule has 0 bridgehead atoms. The van der Waals surface area contributed by atoms with E-state index in [9.17, 15) is 4.79 Å². The van der Waals surface area contributed by atoms with Gasteiger partial charge in [0.15, 0.2) is 0 Å². The van der Waals surface area contributed by atoms with E-state index in [1.54, 1.807) is 12.0 Å². The van der Waals surface area contributed by atoms with E-state index in [4.69, 9.17) is 4.74 Å². The van der Waals surface area contributed by atoms with Crippen LogP contribution in [0, 0.1) is 0 Å². The summed E-state index contributed by atoms with van der Waals surface area (Å²) in [6.07, 6.45) is 1.82. The van der Waals surface area contributed by atoms with Crippen LogP contribution in [0.4, 0.5) is 0 Å². The van der Waals surface area contributed by atoms with Crippen molar-refractivity contribution in [3.8, 4) is 5.75 Å². The van der Waals surface area contributed by atoms with Crippen LogP contribution in [-0.2, 0) is 11.3 Å². The highest BCUT2D eigenvalue weighted by molar-refractivity contribution is 6.19. The summed E-state index contributed by atoms with van der Waals surface area (Å²) in [4.78, 5) is 19.6. The smallest absolute Gasteiger partial charge is 0.278 e. The molecule has 3 aromatic rings. The van der Waals surface area contributed by atoms with E-state index in [0.717, 1.165) is 22.4 Å². The van der Waals surface area contributed by atoms with Crippen molar-refractivity contribution in [3.63, 3.8) is 0 Å². The summed E-state index contributed by atoms with van der Waals surface area (Å²) >= 11 is 0. The van der Waals surface area contributed by atoms with E-state index < -0.39 is 0 Å². The highest BCUT2D eigenvalue weighted by atomic mass is 16.5. The average molecular weight is 368 g/mol. The van der Waals surface area contributed by atoms with Crippen LogP contribution in [0.25, 0.3) is 6.08 Å². The molecule has 0 saturated carbocycles. The molecule has 4 nitrogen and oxygen atoms in total. The molecular weight excluding hydrogens is 348 g/mol. The maximum atomic E-state index is 13.1. The lowest BCUT2D eigenvalue weighted by atomic mass is 10.1. The highest BCUT2D eigenvalue weighted by Crippen LogP contribution is 2.24. The largest absolute Gasteiger partial charge is 0.497 e. The number of carbonyl (C=O) groups excluding carboxylic acids is 1. The molecule has 0 N–H and O–H groups in total. The Morgan fingerprint density at radius 1 is 0.893 bits per heavy atom. The second-order valence-electron chi connectivity index (χ2n) is 6.48. The van der Waals surface area contributed by atoms with Crippen molar-refractivity contribution in [2.45, 2.75) is 6.54 Å². The summed E-state index contributed by atoms with van der Waals surface area (Å²) in [5.41, 5.74) is 3.32. The molecule has 4 heteroatoms. The summed E-state index contributed by atoms with van der Waals surface area (Å²) in [7, 11) is 1.63. The fourth-order valence-electron chi connectivity index (χ4n) is 3.13. The Kier molecular flexibility index (Phi) is 5.02. The van der Waals surface area contributed by atoms with Crippen LogP contribution in [0.5, 0.6) is 5.75 Å². The molecule has 0 unspecified atom stereocenters. The first-order valence-electron chi connectivity index (χ1n) is 9.10. The summed E-state index contributed by atoms with van der Waals surface area (Å²) < 4.78 is 5.20. The third-order valence-electron chi connectivity index (χ3n) is 4.58. The molecule has 1 aliphatic rings. The second-order valence-corrected chi connectivity index (χ2v) is 6.48. The molecule has 0 saturated heterocycles. The zero-order valence-corrected chi connectivity index (χ0v) is 15.6. The number of carbonyl (C=O) groups is 1. The molecule has 1 aliphatic heterocycles. The fraction of sp³-hybridized carbons (Fsp3) is 0.0833. The fourth-order valence-corrected chi connectivity index (χ4v) is 3.13. The molecule has 138 valence electrons. The van der Waals surface area contributed by atoms with Crippen molar-refractivity contribution in [2.75, 3.05) is 7.11 Å². The van der Waals surface area contributed by atoms with Gasteiger partial charge in [0.1, 0.15) is 17.3 Å². The van der Waals surface area contributed by atoms with Gasteiger partial charge in [-0.2, -0.15) is 0 Å². The number of hydrogen-bond acceptors (Lipinski definition) is 3. The lowest BCUT2D eigenvalue weighted by Crippen LogP contribution is -2.32. The number of amidine groups is 1. The Hall–Kier alpha value is -3.66.